The van der Waals surface area contributed by atoms with Gasteiger partial charge in [0.05, 0.1) is 77.6 Å². The van der Waals surface area contributed by atoms with E-state index in [0.717, 1.165) is 25.7 Å². The molecule has 0 saturated heterocycles. The number of carboxylic acids is 1. The molecular weight excluding hydrogens is 714 g/mol. The fourth-order valence-electron chi connectivity index (χ4n) is 4.98. The molecule has 0 fully saturated rings. The fraction of sp³-hybridized carbons (Fsp3) is 0.857. The van der Waals surface area contributed by atoms with Gasteiger partial charge in [-0.2, -0.15) is 0 Å². The van der Waals surface area contributed by atoms with E-state index in [2.05, 4.69) is 43.8 Å². The second-order valence-electron chi connectivity index (χ2n) is 12.2. The maximum atomic E-state index is 12.3. The summed E-state index contributed by atoms with van der Waals surface area (Å²) in [5.41, 5.74) is 0.707. The van der Waals surface area contributed by atoms with Crippen LogP contribution >= 0.6 is 15.9 Å². The lowest BCUT2D eigenvalue weighted by atomic mass is 10.0. The van der Waals surface area contributed by atoms with Gasteiger partial charge in [-0.05, 0) is 25.7 Å². The normalized spacial score (nSPS) is 11.9. The van der Waals surface area contributed by atoms with Gasteiger partial charge in [0.2, 0.25) is 11.8 Å². The third-order valence-electron chi connectivity index (χ3n) is 7.78. The lowest BCUT2D eigenvalue weighted by molar-refractivity contribution is -0.142. The second kappa shape index (κ2) is 33.9. The van der Waals surface area contributed by atoms with Crippen LogP contribution in [0.25, 0.3) is 0 Å². The Bertz CT molecular complexity index is 973. The summed E-state index contributed by atoms with van der Waals surface area (Å²) in [7, 11) is 0. The number of amides is 2. The molecule has 15 heteroatoms. The summed E-state index contributed by atoms with van der Waals surface area (Å²) < 4.78 is 29.1. The average molecular weight is 779 g/mol. The molecule has 1 aromatic rings. The number of hydrogen-bond donors (Lipinski definition) is 3. The number of rotatable bonds is 37. The monoisotopic (exact) mass is 777 g/mol. The van der Waals surface area contributed by atoms with Gasteiger partial charge < -0.3 is 39.4 Å². The third-order valence-corrected chi connectivity index (χ3v) is 8.29. The first-order valence-electron chi connectivity index (χ1n) is 18.6. The molecule has 50 heavy (non-hydrogen) atoms. The van der Waals surface area contributed by atoms with E-state index in [-0.39, 0.29) is 17.1 Å². The fourth-order valence-corrected chi connectivity index (χ4v) is 5.17. The number of nitrogens with zero attached hydrogens (tertiary/aromatic N) is 3. The van der Waals surface area contributed by atoms with Crippen LogP contribution in [0.15, 0.2) is 6.20 Å². The van der Waals surface area contributed by atoms with E-state index in [1.807, 2.05) is 6.20 Å². The molecule has 0 aromatic carbocycles. The number of halogens is 1. The Kier molecular flexibility index (Phi) is 31.1. The maximum Gasteiger partial charge on any atom is 0.326 e. The summed E-state index contributed by atoms with van der Waals surface area (Å²) in [6, 6.07) is -0.869. The molecule has 0 saturated carbocycles. The number of unbranched alkanes of at least 4 members (excludes halogenated alkanes) is 11. The molecule has 0 aliphatic heterocycles. The van der Waals surface area contributed by atoms with Crippen molar-refractivity contribution in [2.45, 2.75) is 122 Å². The number of aliphatic carboxylic acids is 1. The Balaban J connectivity index is 1.96. The van der Waals surface area contributed by atoms with Crippen molar-refractivity contribution in [1.82, 2.24) is 25.6 Å². The van der Waals surface area contributed by atoms with Crippen molar-refractivity contribution in [3.05, 3.63) is 11.9 Å². The first-order valence-corrected chi connectivity index (χ1v) is 19.7. The largest absolute Gasteiger partial charge is 0.480 e. The molecule has 0 aliphatic carbocycles. The summed E-state index contributed by atoms with van der Waals surface area (Å²) in [6.45, 7) is 7.69. The van der Waals surface area contributed by atoms with E-state index in [0.29, 0.717) is 104 Å². The highest BCUT2D eigenvalue weighted by Gasteiger charge is 2.19. The van der Waals surface area contributed by atoms with E-state index >= 15 is 0 Å². The molecule has 0 radical (unpaired) electrons. The van der Waals surface area contributed by atoms with Crippen LogP contribution in [0, 0.1) is 0 Å². The molecule has 1 heterocycles. The van der Waals surface area contributed by atoms with Crippen LogP contribution in [0.1, 0.15) is 109 Å². The lowest BCUT2D eigenvalue weighted by Gasteiger charge is -2.14. The number of aromatic nitrogens is 3. The van der Waals surface area contributed by atoms with Crippen LogP contribution in [-0.2, 0) is 51.2 Å². The average Bonchev–Trinajstić information content (AvgIpc) is 3.57. The van der Waals surface area contributed by atoms with Crippen LogP contribution in [0.5, 0.6) is 0 Å². The van der Waals surface area contributed by atoms with Gasteiger partial charge in [-0.15, -0.1) is 5.10 Å². The number of carboxylic acid groups (broad SMARTS) is 1. The molecule has 0 bridgehead atoms. The minimum atomic E-state index is -0.997. The summed E-state index contributed by atoms with van der Waals surface area (Å²) in [6.07, 6.45) is 17.3. The van der Waals surface area contributed by atoms with Crippen molar-refractivity contribution < 1.29 is 43.2 Å². The number of ether oxygens (including phenoxy) is 5. The summed E-state index contributed by atoms with van der Waals surface area (Å²) in [4.78, 5) is 35.0. The van der Waals surface area contributed by atoms with Gasteiger partial charge in [0.15, 0.2) is 0 Å². The zero-order valence-electron chi connectivity index (χ0n) is 30.4. The highest BCUT2D eigenvalue weighted by Crippen LogP contribution is 2.12. The standard InChI is InChI=1S/C35H64BrN5O9/c1-2-3-4-5-6-7-8-9-10-11-12-16-33(42)38-32(35(44)45)15-13-14-18-41-29-31(39-40-41)30-50-27-26-49-25-24-48-23-22-47-21-20-46-19-17-37-34(43)28-36/h29,32H,2-28,30H2,1H3,(H,37,43)(H,38,42)(H,44,45). The van der Waals surface area contributed by atoms with Crippen LogP contribution in [0.3, 0.4) is 0 Å². The summed E-state index contributed by atoms with van der Waals surface area (Å²) in [5.74, 6) is -1.24. The van der Waals surface area contributed by atoms with E-state index in [1.54, 1.807) is 4.68 Å². The predicted molar refractivity (Wildman–Crippen MR) is 194 cm³/mol. The molecule has 2 amide bonds. The van der Waals surface area contributed by atoms with Crippen molar-refractivity contribution in [3.8, 4) is 0 Å². The zero-order chi connectivity index (χ0) is 36.3. The number of hydrogen-bond acceptors (Lipinski definition) is 10. The molecule has 1 atom stereocenters. The van der Waals surface area contributed by atoms with Crippen molar-refractivity contribution in [3.63, 3.8) is 0 Å². The highest BCUT2D eigenvalue weighted by atomic mass is 79.9. The first kappa shape index (κ1) is 45.9. The number of carbonyl (C=O) groups is 3. The quantitative estimate of drug-likeness (QED) is 0.0625. The number of alkyl halides is 1. The first-order chi connectivity index (χ1) is 24.5. The Morgan fingerprint density at radius 1 is 0.740 bits per heavy atom. The molecule has 290 valence electrons. The number of nitrogens with one attached hydrogen (secondary N) is 2. The molecule has 0 aliphatic rings. The van der Waals surface area contributed by atoms with Crippen LogP contribution in [0.4, 0.5) is 0 Å². The van der Waals surface area contributed by atoms with Crippen LogP contribution in [-0.4, -0.2) is 115 Å². The topological polar surface area (TPSA) is 172 Å². The highest BCUT2D eigenvalue weighted by molar-refractivity contribution is 9.09. The Morgan fingerprint density at radius 2 is 1.28 bits per heavy atom. The summed E-state index contributed by atoms with van der Waals surface area (Å²) in [5, 5.41) is 23.5. The molecule has 3 N–H and O–H groups in total. The van der Waals surface area contributed by atoms with Crippen LogP contribution < -0.4 is 10.6 Å². The van der Waals surface area contributed by atoms with Gasteiger partial charge in [-0.25, -0.2) is 4.79 Å². The molecule has 1 unspecified atom stereocenters. The minimum absolute atomic E-state index is 0.0663. The number of carbonyl (C=O) groups excluding carboxylic acids is 2. The van der Waals surface area contributed by atoms with Crippen molar-refractivity contribution in [2.24, 2.45) is 0 Å². The van der Waals surface area contributed by atoms with Crippen molar-refractivity contribution in [1.29, 1.82) is 0 Å². The Morgan fingerprint density at radius 3 is 1.84 bits per heavy atom. The molecule has 0 spiro atoms. The maximum absolute atomic E-state index is 12.3. The van der Waals surface area contributed by atoms with Gasteiger partial charge >= 0.3 is 5.97 Å². The molecule has 1 rings (SSSR count). The second-order valence-corrected chi connectivity index (χ2v) is 12.8. The van der Waals surface area contributed by atoms with E-state index in [4.69, 9.17) is 23.7 Å². The number of aryl methyl sites for hydroxylation is 1. The van der Waals surface area contributed by atoms with E-state index in [9.17, 15) is 19.5 Å². The van der Waals surface area contributed by atoms with E-state index in [1.165, 1.54) is 51.4 Å². The third kappa shape index (κ3) is 28.5. The van der Waals surface area contributed by atoms with Gasteiger partial charge in [-0.3, -0.25) is 14.3 Å². The molecule has 1 aromatic heterocycles. The van der Waals surface area contributed by atoms with E-state index < -0.39 is 12.0 Å². The predicted octanol–water partition coefficient (Wildman–Crippen LogP) is 4.81. The molecule has 14 nitrogen and oxygen atoms in total. The Labute approximate surface area is 307 Å². The van der Waals surface area contributed by atoms with Crippen LogP contribution in [0.2, 0.25) is 0 Å². The van der Waals surface area contributed by atoms with Gasteiger partial charge in [0, 0.05) is 19.5 Å². The SMILES string of the molecule is CCCCCCCCCCCCCC(=O)NC(CCCCn1cc(COCCOCCOCCOCCOCCNC(=O)CBr)nn1)C(=O)O. The van der Waals surface area contributed by atoms with Gasteiger partial charge in [0.25, 0.3) is 0 Å². The van der Waals surface area contributed by atoms with Gasteiger partial charge in [0.1, 0.15) is 11.7 Å². The Hall–Kier alpha value is -2.17. The molecular formula is C35H64BrN5O9. The smallest absolute Gasteiger partial charge is 0.326 e. The minimum Gasteiger partial charge on any atom is -0.480 e. The lowest BCUT2D eigenvalue weighted by Crippen LogP contribution is -2.40. The zero-order valence-corrected chi connectivity index (χ0v) is 32.0. The van der Waals surface area contributed by atoms with Crippen molar-refractivity contribution in [2.75, 3.05) is 71.3 Å². The van der Waals surface area contributed by atoms with Gasteiger partial charge in [-0.1, -0.05) is 92.3 Å². The van der Waals surface area contributed by atoms with Crippen molar-refractivity contribution >= 4 is 33.7 Å². The summed E-state index contributed by atoms with van der Waals surface area (Å²) >= 11 is 3.08.